The van der Waals surface area contributed by atoms with E-state index >= 15 is 0 Å². The molecule has 3 rings (SSSR count). The smallest absolute Gasteiger partial charge is 0.292 e. The number of carbonyl (C=O) groups is 1. The Bertz CT molecular complexity index is 1020. The number of nitrogens with zero attached hydrogens (tertiary/aromatic N) is 2. The van der Waals surface area contributed by atoms with Crippen LogP contribution in [0.5, 0.6) is 0 Å². The topological polar surface area (TPSA) is 119 Å². The van der Waals surface area contributed by atoms with Gasteiger partial charge in [0.05, 0.1) is 33.6 Å². The number of hydrogen-bond acceptors (Lipinski definition) is 6. The largest absolute Gasteiger partial charge is 0.379 e. The van der Waals surface area contributed by atoms with Gasteiger partial charge >= 0.3 is 0 Å². The van der Waals surface area contributed by atoms with Crippen molar-refractivity contribution in [1.29, 1.82) is 0 Å². The molecule has 1 heterocycles. The van der Waals surface area contributed by atoms with Crippen molar-refractivity contribution in [2.75, 3.05) is 31.6 Å². The molecule has 1 saturated heterocycles. The van der Waals surface area contributed by atoms with E-state index in [1.165, 1.54) is 40.7 Å². The van der Waals surface area contributed by atoms with Crippen LogP contribution in [-0.4, -0.2) is 49.9 Å². The van der Waals surface area contributed by atoms with Crippen molar-refractivity contribution in [2.45, 2.75) is 4.90 Å². The summed E-state index contributed by atoms with van der Waals surface area (Å²) in [5.74, 6) is -0.752. The summed E-state index contributed by atoms with van der Waals surface area (Å²) in [6.07, 6.45) is 0. The molecule has 1 N–H and O–H groups in total. The highest BCUT2D eigenvalue weighted by atomic mass is 35.5. The SMILES string of the molecule is O=C(Nc1ccccc1[N+](=O)[O-])c1cc(S(=O)(=O)N2CCOCC2)ccc1Cl. The second-order valence-electron chi connectivity index (χ2n) is 5.89. The molecule has 148 valence electrons. The number of para-hydroxylation sites is 2. The maximum Gasteiger partial charge on any atom is 0.292 e. The predicted octanol–water partition coefficient (Wildman–Crippen LogP) is 2.52. The molecule has 1 fully saturated rings. The number of nitrogens with one attached hydrogen (secondary N) is 1. The van der Waals surface area contributed by atoms with Gasteiger partial charge in [-0.05, 0) is 24.3 Å². The average molecular weight is 426 g/mol. The van der Waals surface area contributed by atoms with Crippen LogP contribution in [0.3, 0.4) is 0 Å². The summed E-state index contributed by atoms with van der Waals surface area (Å²) >= 11 is 6.07. The Hall–Kier alpha value is -2.53. The van der Waals surface area contributed by atoms with E-state index in [-0.39, 0.29) is 53.2 Å². The van der Waals surface area contributed by atoms with E-state index in [0.29, 0.717) is 0 Å². The number of ether oxygens (including phenoxy) is 1. The predicted molar refractivity (Wildman–Crippen MR) is 102 cm³/mol. The van der Waals surface area contributed by atoms with Crippen molar-refractivity contribution < 1.29 is 22.9 Å². The molecular weight excluding hydrogens is 410 g/mol. The first kappa shape index (κ1) is 20.2. The molecule has 1 aliphatic rings. The van der Waals surface area contributed by atoms with Crippen molar-refractivity contribution in [3.8, 4) is 0 Å². The van der Waals surface area contributed by atoms with Gasteiger partial charge in [0.15, 0.2) is 0 Å². The fourth-order valence-electron chi connectivity index (χ4n) is 2.70. The zero-order chi connectivity index (χ0) is 20.3. The molecule has 0 aromatic heterocycles. The quantitative estimate of drug-likeness (QED) is 0.580. The minimum Gasteiger partial charge on any atom is -0.379 e. The van der Waals surface area contributed by atoms with Crippen LogP contribution in [0.15, 0.2) is 47.4 Å². The summed E-state index contributed by atoms with van der Waals surface area (Å²) in [6, 6.07) is 9.41. The fraction of sp³-hybridized carbons (Fsp3) is 0.235. The summed E-state index contributed by atoms with van der Waals surface area (Å²) < 4.78 is 32.0. The normalized spacial score (nSPS) is 15.2. The second kappa shape index (κ2) is 8.23. The molecular formula is C17H16ClN3O6S. The average Bonchev–Trinajstić information content (AvgIpc) is 2.69. The van der Waals surface area contributed by atoms with Crippen LogP contribution in [0.25, 0.3) is 0 Å². The van der Waals surface area contributed by atoms with Gasteiger partial charge < -0.3 is 10.1 Å². The third-order valence-electron chi connectivity index (χ3n) is 4.14. The Balaban J connectivity index is 1.91. The first-order valence-electron chi connectivity index (χ1n) is 8.23. The molecule has 2 aromatic carbocycles. The number of nitro groups is 1. The Kier molecular flexibility index (Phi) is 5.94. The molecule has 0 atom stereocenters. The molecule has 0 aliphatic carbocycles. The lowest BCUT2D eigenvalue weighted by atomic mass is 10.2. The second-order valence-corrected chi connectivity index (χ2v) is 8.23. The van der Waals surface area contributed by atoms with Gasteiger partial charge in [0.1, 0.15) is 5.69 Å². The van der Waals surface area contributed by atoms with E-state index < -0.39 is 20.9 Å². The number of carbonyl (C=O) groups excluding carboxylic acids is 1. The molecule has 11 heteroatoms. The highest BCUT2D eigenvalue weighted by Gasteiger charge is 2.28. The van der Waals surface area contributed by atoms with E-state index in [9.17, 15) is 23.3 Å². The summed E-state index contributed by atoms with van der Waals surface area (Å²) in [6.45, 7) is 1.00. The van der Waals surface area contributed by atoms with Gasteiger partial charge in [0.2, 0.25) is 10.0 Å². The Morgan fingerprint density at radius 3 is 2.54 bits per heavy atom. The van der Waals surface area contributed by atoms with Gasteiger partial charge in [-0.2, -0.15) is 4.31 Å². The summed E-state index contributed by atoms with van der Waals surface area (Å²) in [4.78, 5) is 23.0. The highest BCUT2D eigenvalue weighted by Crippen LogP contribution is 2.27. The van der Waals surface area contributed by atoms with Gasteiger partial charge in [-0.25, -0.2) is 8.42 Å². The number of halogens is 1. The van der Waals surface area contributed by atoms with Crippen molar-refractivity contribution >= 4 is 38.9 Å². The maximum atomic E-state index is 12.8. The number of morpholine rings is 1. The van der Waals surface area contributed by atoms with Crippen molar-refractivity contribution in [3.63, 3.8) is 0 Å². The molecule has 0 radical (unpaired) electrons. The van der Waals surface area contributed by atoms with Gasteiger partial charge in [-0.15, -0.1) is 0 Å². The van der Waals surface area contributed by atoms with E-state index in [0.717, 1.165) is 6.07 Å². The van der Waals surface area contributed by atoms with Gasteiger partial charge in [0, 0.05) is 19.2 Å². The number of benzene rings is 2. The zero-order valence-electron chi connectivity index (χ0n) is 14.5. The van der Waals surface area contributed by atoms with Crippen LogP contribution in [0, 0.1) is 10.1 Å². The molecule has 0 saturated carbocycles. The lowest BCUT2D eigenvalue weighted by Crippen LogP contribution is -2.40. The summed E-state index contributed by atoms with van der Waals surface area (Å²) in [5.41, 5.74) is -0.409. The number of amides is 1. The molecule has 1 aliphatic heterocycles. The van der Waals surface area contributed by atoms with Gasteiger partial charge in [-0.1, -0.05) is 23.7 Å². The van der Waals surface area contributed by atoms with Crippen LogP contribution >= 0.6 is 11.6 Å². The van der Waals surface area contributed by atoms with Crippen LogP contribution in [-0.2, 0) is 14.8 Å². The van der Waals surface area contributed by atoms with Crippen LogP contribution < -0.4 is 5.32 Å². The van der Waals surface area contributed by atoms with E-state index in [1.54, 1.807) is 0 Å². The molecule has 28 heavy (non-hydrogen) atoms. The highest BCUT2D eigenvalue weighted by molar-refractivity contribution is 7.89. The Morgan fingerprint density at radius 1 is 1.18 bits per heavy atom. The fourth-order valence-corrected chi connectivity index (χ4v) is 4.34. The molecule has 0 unspecified atom stereocenters. The first-order valence-corrected chi connectivity index (χ1v) is 10.0. The third kappa shape index (κ3) is 4.14. The molecule has 2 aromatic rings. The summed E-state index contributed by atoms with van der Waals surface area (Å²) in [7, 11) is -3.82. The molecule has 0 bridgehead atoms. The van der Waals surface area contributed by atoms with E-state index in [4.69, 9.17) is 16.3 Å². The number of rotatable bonds is 5. The van der Waals surface area contributed by atoms with Gasteiger partial charge in [-0.3, -0.25) is 14.9 Å². The van der Waals surface area contributed by atoms with Gasteiger partial charge in [0.25, 0.3) is 11.6 Å². The monoisotopic (exact) mass is 425 g/mol. The number of sulfonamides is 1. The standard InChI is InChI=1S/C17H16ClN3O6S/c18-14-6-5-12(28(25,26)20-7-9-27-10-8-20)11-13(14)17(22)19-15-3-1-2-4-16(15)21(23)24/h1-6,11H,7-10H2,(H,19,22). The minimum absolute atomic E-state index is 0.0185. The van der Waals surface area contributed by atoms with Crippen molar-refractivity contribution in [1.82, 2.24) is 4.31 Å². The first-order chi connectivity index (χ1) is 13.3. The minimum atomic E-state index is -3.82. The number of anilines is 1. The number of nitro benzene ring substituents is 1. The summed E-state index contributed by atoms with van der Waals surface area (Å²) in [5, 5.41) is 13.5. The number of hydrogen-bond donors (Lipinski definition) is 1. The van der Waals surface area contributed by atoms with Crippen LogP contribution in [0.2, 0.25) is 5.02 Å². The van der Waals surface area contributed by atoms with E-state index in [2.05, 4.69) is 5.32 Å². The maximum absolute atomic E-state index is 12.8. The molecule has 1 amide bonds. The van der Waals surface area contributed by atoms with Crippen LogP contribution in [0.4, 0.5) is 11.4 Å². The lowest BCUT2D eigenvalue weighted by Gasteiger charge is -2.26. The molecule has 0 spiro atoms. The Labute approximate surface area is 166 Å². The van der Waals surface area contributed by atoms with E-state index in [1.807, 2.05) is 0 Å². The van der Waals surface area contributed by atoms with Crippen molar-refractivity contribution in [2.24, 2.45) is 0 Å². The Morgan fingerprint density at radius 2 is 1.86 bits per heavy atom. The third-order valence-corrected chi connectivity index (χ3v) is 6.36. The zero-order valence-corrected chi connectivity index (χ0v) is 16.1. The van der Waals surface area contributed by atoms with Crippen molar-refractivity contribution in [3.05, 3.63) is 63.2 Å². The lowest BCUT2D eigenvalue weighted by molar-refractivity contribution is -0.383. The molecule has 9 nitrogen and oxygen atoms in total. The van der Waals surface area contributed by atoms with Crippen LogP contribution in [0.1, 0.15) is 10.4 Å².